The summed E-state index contributed by atoms with van der Waals surface area (Å²) >= 11 is 5.54. The van der Waals surface area contributed by atoms with Crippen molar-refractivity contribution in [1.82, 2.24) is 0 Å². The van der Waals surface area contributed by atoms with Crippen LogP contribution in [0.15, 0.2) is 18.2 Å². The number of benzene rings is 1. The maximum atomic E-state index is 11.3. The molecule has 1 rings (SSSR count). The van der Waals surface area contributed by atoms with Gasteiger partial charge in [0.25, 0.3) is 0 Å². The van der Waals surface area contributed by atoms with Crippen molar-refractivity contribution in [2.75, 3.05) is 0 Å². The second kappa shape index (κ2) is 5.61. The topological polar surface area (TPSA) is 40.9 Å². The van der Waals surface area contributed by atoms with E-state index in [1.54, 1.807) is 0 Å². The molecular formula is C11H9BrINO. The molecule has 4 heteroatoms. The molecule has 0 spiro atoms. The minimum Gasteiger partial charge on any atom is -0.298 e. The number of halogens is 2. The van der Waals surface area contributed by atoms with Gasteiger partial charge in [-0.15, -0.1) is 0 Å². The Morgan fingerprint density at radius 2 is 2.33 bits per heavy atom. The number of ketones is 1. The predicted molar refractivity (Wildman–Crippen MR) is 70.8 cm³/mol. The smallest absolute Gasteiger partial charge is 0.147 e. The van der Waals surface area contributed by atoms with Gasteiger partial charge in [-0.2, -0.15) is 5.26 Å². The zero-order valence-corrected chi connectivity index (χ0v) is 11.9. The molecule has 78 valence electrons. The van der Waals surface area contributed by atoms with Gasteiger partial charge in [0.15, 0.2) is 0 Å². The number of nitrogens with zero attached hydrogens (tertiary/aromatic N) is 1. The van der Waals surface area contributed by atoms with Crippen LogP contribution in [-0.2, 0) is 11.2 Å². The third kappa shape index (κ3) is 3.28. The summed E-state index contributed by atoms with van der Waals surface area (Å²) in [7, 11) is 0. The molecule has 1 atom stereocenters. The minimum atomic E-state index is -0.310. The summed E-state index contributed by atoms with van der Waals surface area (Å²) in [6.07, 6.45) is 0.335. The van der Waals surface area contributed by atoms with E-state index < -0.39 is 0 Å². The highest BCUT2D eigenvalue weighted by Gasteiger charge is 2.16. The number of hydrogen-bond donors (Lipinski definition) is 0. The number of hydrogen-bond acceptors (Lipinski definition) is 2. The standard InChI is InChI=1S/C11H9BrINO/c1-7(15)11(12)10-6-9(13)3-2-8(10)4-5-14/h2-3,6,11H,4H2,1H3. The Morgan fingerprint density at radius 3 is 2.87 bits per heavy atom. The fraction of sp³-hybridized carbons (Fsp3) is 0.273. The zero-order valence-electron chi connectivity index (χ0n) is 8.13. The molecule has 1 unspecified atom stereocenters. The van der Waals surface area contributed by atoms with Crippen molar-refractivity contribution in [3.63, 3.8) is 0 Å². The first kappa shape index (κ1) is 12.7. The summed E-state index contributed by atoms with van der Waals surface area (Å²) < 4.78 is 1.06. The van der Waals surface area contributed by atoms with Gasteiger partial charge in [-0.1, -0.05) is 22.0 Å². The third-order valence-corrected chi connectivity index (χ3v) is 3.82. The Morgan fingerprint density at radius 1 is 1.67 bits per heavy atom. The van der Waals surface area contributed by atoms with Gasteiger partial charge in [0.05, 0.1) is 17.3 Å². The molecule has 1 aromatic carbocycles. The zero-order chi connectivity index (χ0) is 11.4. The molecule has 1 aromatic rings. The van der Waals surface area contributed by atoms with Crippen LogP contribution in [0.1, 0.15) is 22.9 Å². The largest absolute Gasteiger partial charge is 0.298 e. The number of carbonyl (C=O) groups excluding carboxylic acids is 1. The molecule has 0 N–H and O–H groups in total. The highest BCUT2D eigenvalue weighted by atomic mass is 127. The number of nitriles is 1. The van der Waals surface area contributed by atoms with Gasteiger partial charge in [0.2, 0.25) is 0 Å². The Labute approximate surface area is 111 Å². The third-order valence-electron chi connectivity index (χ3n) is 2.01. The fourth-order valence-electron chi connectivity index (χ4n) is 1.27. The van der Waals surface area contributed by atoms with Gasteiger partial charge >= 0.3 is 0 Å². The molecule has 0 aliphatic rings. The quantitative estimate of drug-likeness (QED) is 0.598. The Balaban J connectivity index is 3.18. The van der Waals surface area contributed by atoms with E-state index in [-0.39, 0.29) is 10.6 Å². The lowest BCUT2D eigenvalue weighted by Gasteiger charge is -2.11. The van der Waals surface area contributed by atoms with Crippen molar-refractivity contribution in [3.8, 4) is 6.07 Å². The summed E-state index contributed by atoms with van der Waals surface area (Å²) in [5.41, 5.74) is 1.81. The summed E-state index contributed by atoms with van der Waals surface area (Å²) in [5.74, 6) is 0.0520. The summed E-state index contributed by atoms with van der Waals surface area (Å²) in [6.45, 7) is 1.54. The molecule has 2 nitrogen and oxygen atoms in total. The lowest BCUT2D eigenvalue weighted by molar-refractivity contribution is -0.116. The second-order valence-corrected chi connectivity index (χ2v) is 5.31. The van der Waals surface area contributed by atoms with Crippen LogP contribution in [0.2, 0.25) is 0 Å². The lowest BCUT2D eigenvalue weighted by atomic mass is 10.0. The number of Topliss-reactive ketones (excluding diaryl/α,β-unsaturated/α-hetero) is 1. The molecule has 0 aliphatic carbocycles. The van der Waals surface area contributed by atoms with Gasteiger partial charge in [0.1, 0.15) is 5.78 Å². The molecular weight excluding hydrogens is 369 g/mol. The number of rotatable bonds is 3. The average Bonchev–Trinajstić information content (AvgIpc) is 2.20. The van der Waals surface area contributed by atoms with Crippen LogP contribution in [0.3, 0.4) is 0 Å². The van der Waals surface area contributed by atoms with Gasteiger partial charge in [-0.3, -0.25) is 4.79 Å². The van der Waals surface area contributed by atoms with E-state index in [0.29, 0.717) is 6.42 Å². The first-order valence-corrected chi connectivity index (χ1v) is 6.35. The van der Waals surface area contributed by atoms with Crippen molar-refractivity contribution in [2.24, 2.45) is 0 Å². The van der Waals surface area contributed by atoms with E-state index in [9.17, 15) is 4.79 Å². The molecule has 0 radical (unpaired) electrons. The summed E-state index contributed by atoms with van der Waals surface area (Å²) in [6, 6.07) is 7.88. The van der Waals surface area contributed by atoms with Crippen LogP contribution in [0.4, 0.5) is 0 Å². The van der Waals surface area contributed by atoms with Crippen LogP contribution in [-0.4, -0.2) is 5.78 Å². The van der Waals surface area contributed by atoms with Gasteiger partial charge in [0, 0.05) is 3.57 Å². The minimum absolute atomic E-state index is 0.0520. The summed E-state index contributed by atoms with van der Waals surface area (Å²) in [5, 5.41) is 8.68. The fourth-order valence-corrected chi connectivity index (χ4v) is 2.21. The van der Waals surface area contributed by atoms with E-state index in [4.69, 9.17) is 5.26 Å². The Hall–Kier alpha value is -0.410. The van der Waals surface area contributed by atoms with E-state index in [1.807, 2.05) is 18.2 Å². The number of alkyl halides is 1. The van der Waals surface area contributed by atoms with Crippen molar-refractivity contribution >= 4 is 44.3 Å². The second-order valence-electron chi connectivity index (χ2n) is 3.15. The molecule has 0 bridgehead atoms. The molecule has 0 heterocycles. The molecule has 0 amide bonds. The molecule has 0 aliphatic heterocycles. The summed E-state index contributed by atoms with van der Waals surface area (Å²) in [4.78, 5) is 11.0. The van der Waals surface area contributed by atoms with Crippen LogP contribution >= 0.6 is 38.5 Å². The molecule has 0 fully saturated rings. The first-order valence-electron chi connectivity index (χ1n) is 4.36. The lowest BCUT2D eigenvalue weighted by Crippen LogP contribution is -2.05. The maximum absolute atomic E-state index is 11.3. The average molecular weight is 378 g/mol. The van der Waals surface area contributed by atoms with Gasteiger partial charge in [-0.05, 0) is 52.8 Å². The number of carbonyl (C=O) groups is 1. The van der Waals surface area contributed by atoms with E-state index in [0.717, 1.165) is 14.7 Å². The van der Waals surface area contributed by atoms with Crippen LogP contribution in [0.25, 0.3) is 0 Å². The van der Waals surface area contributed by atoms with E-state index >= 15 is 0 Å². The molecule has 15 heavy (non-hydrogen) atoms. The van der Waals surface area contributed by atoms with Crippen molar-refractivity contribution < 1.29 is 4.79 Å². The molecule has 0 saturated carbocycles. The first-order chi connectivity index (χ1) is 7.06. The maximum Gasteiger partial charge on any atom is 0.147 e. The van der Waals surface area contributed by atoms with Crippen molar-refractivity contribution in [2.45, 2.75) is 18.2 Å². The monoisotopic (exact) mass is 377 g/mol. The molecule has 0 saturated heterocycles. The van der Waals surface area contributed by atoms with Crippen LogP contribution < -0.4 is 0 Å². The highest BCUT2D eigenvalue weighted by molar-refractivity contribution is 14.1. The predicted octanol–water partition coefficient (Wildman–Crippen LogP) is 3.38. The van der Waals surface area contributed by atoms with Crippen LogP contribution in [0, 0.1) is 14.9 Å². The Bertz CT molecular complexity index is 425. The van der Waals surface area contributed by atoms with Crippen molar-refractivity contribution in [1.29, 1.82) is 5.26 Å². The van der Waals surface area contributed by atoms with Crippen molar-refractivity contribution in [3.05, 3.63) is 32.9 Å². The van der Waals surface area contributed by atoms with Gasteiger partial charge < -0.3 is 0 Å². The van der Waals surface area contributed by atoms with E-state index in [1.165, 1.54) is 6.92 Å². The van der Waals surface area contributed by atoms with E-state index in [2.05, 4.69) is 44.6 Å². The highest BCUT2D eigenvalue weighted by Crippen LogP contribution is 2.28. The van der Waals surface area contributed by atoms with Gasteiger partial charge in [-0.25, -0.2) is 0 Å². The van der Waals surface area contributed by atoms with Crippen LogP contribution in [0.5, 0.6) is 0 Å². The molecule has 0 aromatic heterocycles. The SMILES string of the molecule is CC(=O)C(Br)c1cc(I)ccc1CC#N. The normalized spacial score (nSPS) is 11.9. The Kier molecular flexibility index (Phi) is 4.74.